The number of carbonyl (C=O) groups is 1. The van der Waals surface area contributed by atoms with E-state index < -0.39 is 0 Å². The van der Waals surface area contributed by atoms with Gasteiger partial charge < -0.3 is 9.73 Å². The van der Waals surface area contributed by atoms with Crippen molar-refractivity contribution in [3.8, 4) is 11.6 Å². The number of thioether (sulfide) groups is 1. The third-order valence-corrected chi connectivity index (χ3v) is 4.83. The first kappa shape index (κ1) is 17.5. The van der Waals surface area contributed by atoms with Crippen molar-refractivity contribution < 1.29 is 9.21 Å². The van der Waals surface area contributed by atoms with E-state index in [1.807, 2.05) is 19.2 Å². The monoisotopic (exact) mass is 373 g/mol. The minimum Gasteiger partial charge on any atom is -0.461 e. The Kier molecular flexibility index (Phi) is 5.11. The first-order valence-corrected chi connectivity index (χ1v) is 9.14. The zero-order valence-electron chi connectivity index (χ0n) is 14.0. The second-order valence-corrected chi connectivity index (χ2v) is 6.56. The molecule has 0 bridgehead atoms. The molecule has 0 atom stereocenters. The summed E-state index contributed by atoms with van der Waals surface area (Å²) < 4.78 is 5.35. The van der Waals surface area contributed by atoms with Crippen molar-refractivity contribution in [1.29, 1.82) is 0 Å². The van der Waals surface area contributed by atoms with E-state index in [1.54, 1.807) is 37.5 Å². The molecule has 128 valence electrons. The summed E-state index contributed by atoms with van der Waals surface area (Å²) in [6.45, 7) is 3.64. The van der Waals surface area contributed by atoms with Crippen LogP contribution in [0.5, 0.6) is 0 Å². The topological polar surface area (TPSA) is 68.0 Å². The van der Waals surface area contributed by atoms with Crippen LogP contribution in [-0.4, -0.2) is 22.1 Å². The standard InChI is InChI=1S/C18H16ClN3O2S/c1-10-12(19)6-4-7-13(10)21-17(23)15-11(2)20-16(22-18(15)25-3)14-8-5-9-24-14/h4-9H,1-3H3,(H,21,23). The fourth-order valence-electron chi connectivity index (χ4n) is 2.40. The van der Waals surface area contributed by atoms with Crippen LogP contribution in [0.4, 0.5) is 5.69 Å². The molecule has 2 aromatic heterocycles. The van der Waals surface area contributed by atoms with E-state index in [9.17, 15) is 4.79 Å². The van der Waals surface area contributed by atoms with Crippen LogP contribution in [0.2, 0.25) is 5.02 Å². The highest BCUT2D eigenvalue weighted by atomic mass is 35.5. The molecule has 0 aliphatic heterocycles. The number of nitrogens with zero attached hydrogens (tertiary/aromatic N) is 2. The quantitative estimate of drug-likeness (QED) is 0.516. The van der Waals surface area contributed by atoms with Gasteiger partial charge in [0.2, 0.25) is 0 Å². The lowest BCUT2D eigenvalue weighted by atomic mass is 10.1. The van der Waals surface area contributed by atoms with E-state index in [0.29, 0.717) is 38.6 Å². The first-order valence-electron chi connectivity index (χ1n) is 7.54. The largest absolute Gasteiger partial charge is 0.461 e. The van der Waals surface area contributed by atoms with Gasteiger partial charge in [0.1, 0.15) is 5.03 Å². The number of rotatable bonds is 4. The van der Waals surface area contributed by atoms with Gasteiger partial charge in [0.05, 0.1) is 17.5 Å². The van der Waals surface area contributed by atoms with Gasteiger partial charge in [-0.2, -0.15) is 0 Å². The van der Waals surface area contributed by atoms with E-state index in [0.717, 1.165) is 5.56 Å². The zero-order valence-corrected chi connectivity index (χ0v) is 15.5. The number of furan rings is 1. The van der Waals surface area contributed by atoms with E-state index in [1.165, 1.54) is 11.8 Å². The molecule has 1 N–H and O–H groups in total. The van der Waals surface area contributed by atoms with E-state index in [2.05, 4.69) is 15.3 Å². The highest BCUT2D eigenvalue weighted by molar-refractivity contribution is 7.98. The van der Waals surface area contributed by atoms with Crippen molar-refractivity contribution in [2.75, 3.05) is 11.6 Å². The molecule has 0 saturated carbocycles. The van der Waals surface area contributed by atoms with Crippen LogP contribution in [0.3, 0.4) is 0 Å². The van der Waals surface area contributed by atoms with Crippen molar-refractivity contribution >= 4 is 35.0 Å². The summed E-state index contributed by atoms with van der Waals surface area (Å²) in [5.41, 5.74) is 2.51. The fourth-order valence-corrected chi connectivity index (χ4v) is 3.20. The Morgan fingerprint density at radius 3 is 2.68 bits per heavy atom. The third-order valence-electron chi connectivity index (χ3n) is 3.73. The maximum Gasteiger partial charge on any atom is 0.260 e. The van der Waals surface area contributed by atoms with Crippen molar-refractivity contribution in [2.45, 2.75) is 18.9 Å². The molecule has 5 nitrogen and oxygen atoms in total. The maximum atomic E-state index is 12.8. The Labute approximate surface area is 154 Å². The molecule has 7 heteroatoms. The average Bonchev–Trinajstić information content (AvgIpc) is 3.12. The summed E-state index contributed by atoms with van der Waals surface area (Å²) in [4.78, 5) is 21.7. The summed E-state index contributed by atoms with van der Waals surface area (Å²) in [6, 6.07) is 8.95. The number of hydrogen-bond acceptors (Lipinski definition) is 5. The SMILES string of the molecule is CSc1nc(-c2ccco2)nc(C)c1C(=O)Nc1cccc(Cl)c1C. The van der Waals surface area contributed by atoms with Crippen molar-refractivity contribution in [1.82, 2.24) is 9.97 Å². The second kappa shape index (κ2) is 7.29. The Morgan fingerprint density at radius 1 is 1.20 bits per heavy atom. The van der Waals surface area contributed by atoms with Crippen LogP contribution >= 0.6 is 23.4 Å². The molecule has 0 fully saturated rings. The molecular formula is C18H16ClN3O2S. The Hall–Kier alpha value is -2.31. The highest BCUT2D eigenvalue weighted by Crippen LogP contribution is 2.27. The second-order valence-electron chi connectivity index (χ2n) is 5.36. The number of benzene rings is 1. The van der Waals surface area contributed by atoms with Gasteiger partial charge in [0.25, 0.3) is 5.91 Å². The molecule has 3 aromatic rings. The van der Waals surface area contributed by atoms with Crippen molar-refractivity contribution in [2.24, 2.45) is 0 Å². The summed E-state index contributed by atoms with van der Waals surface area (Å²) in [5.74, 6) is 0.761. The number of hydrogen-bond donors (Lipinski definition) is 1. The number of halogens is 1. The molecular weight excluding hydrogens is 358 g/mol. The minimum atomic E-state index is -0.266. The van der Waals surface area contributed by atoms with Crippen LogP contribution in [-0.2, 0) is 0 Å². The van der Waals surface area contributed by atoms with E-state index >= 15 is 0 Å². The number of carbonyl (C=O) groups excluding carboxylic acids is 1. The van der Waals surface area contributed by atoms with Gasteiger partial charge in [-0.3, -0.25) is 4.79 Å². The molecule has 0 aliphatic rings. The zero-order chi connectivity index (χ0) is 18.0. The molecule has 0 spiro atoms. The summed E-state index contributed by atoms with van der Waals surface area (Å²) in [6.07, 6.45) is 3.43. The van der Waals surface area contributed by atoms with Crippen LogP contribution < -0.4 is 5.32 Å². The highest BCUT2D eigenvalue weighted by Gasteiger charge is 2.20. The van der Waals surface area contributed by atoms with Crippen LogP contribution in [0, 0.1) is 13.8 Å². The smallest absolute Gasteiger partial charge is 0.260 e. The number of nitrogens with one attached hydrogen (secondary N) is 1. The molecule has 1 amide bonds. The lowest BCUT2D eigenvalue weighted by Gasteiger charge is -2.13. The lowest BCUT2D eigenvalue weighted by Crippen LogP contribution is -2.17. The lowest BCUT2D eigenvalue weighted by molar-refractivity contribution is 0.102. The fraction of sp³-hybridized carbons (Fsp3) is 0.167. The molecule has 1 aromatic carbocycles. The van der Waals surface area contributed by atoms with Crippen LogP contribution in [0.25, 0.3) is 11.6 Å². The molecule has 25 heavy (non-hydrogen) atoms. The van der Waals surface area contributed by atoms with E-state index in [-0.39, 0.29) is 5.91 Å². The number of anilines is 1. The Bertz CT molecular complexity index is 926. The number of aryl methyl sites for hydroxylation is 1. The predicted molar refractivity (Wildman–Crippen MR) is 100 cm³/mol. The normalized spacial score (nSPS) is 10.7. The van der Waals surface area contributed by atoms with Crippen molar-refractivity contribution in [3.05, 3.63) is 58.4 Å². The average molecular weight is 374 g/mol. The van der Waals surface area contributed by atoms with Gasteiger partial charge in [0, 0.05) is 10.7 Å². The molecule has 2 heterocycles. The van der Waals surface area contributed by atoms with Gasteiger partial charge in [-0.05, 0) is 49.9 Å². The number of amides is 1. The molecule has 0 unspecified atom stereocenters. The van der Waals surface area contributed by atoms with Crippen LogP contribution in [0.1, 0.15) is 21.6 Å². The molecule has 0 radical (unpaired) electrons. The molecule has 3 rings (SSSR count). The van der Waals surface area contributed by atoms with E-state index in [4.69, 9.17) is 16.0 Å². The van der Waals surface area contributed by atoms with Gasteiger partial charge >= 0.3 is 0 Å². The predicted octanol–water partition coefficient (Wildman–Crippen LogP) is 4.98. The summed E-state index contributed by atoms with van der Waals surface area (Å²) >= 11 is 7.51. The van der Waals surface area contributed by atoms with Gasteiger partial charge in [0.15, 0.2) is 11.6 Å². The first-order chi connectivity index (χ1) is 12.0. The summed E-state index contributed by atoms with van der Waals surface area (Å²) in [5, 5.41) is 4.09. The van der Waals surface area contributed by atoms with Crippen molar-refractivity contribution in [3.63, 3.8) is 0 Å². The van der Waals surface area contributed by atoms with Gasteiger partial charge in [-0.15, -0.1) is 11.8 Å². The maximum absolute atomic E-state index is 12.8. The van der Waals surface area contributed by atoms with Gasteiger partial charge in [-0.25, -0.2) is 9.97 Å². The summed E-state index contributed by atoms with van der Waals surface area (Å²) in [7, 11) is 0. The van der Waals surface area contributed by atoms with Crippen LogP contribution in [0.15, 0.2) is 46.0 Å². The third kappa shape index (κ3) is 3.55. The molecule has 0 aliphatic carbocycles. The minimum absolute atomic E-state index is 0.266. The number of aromatic nitrogens is 2. The Balaban J connectivity index is 1.98. The Morgan fingerprint density at radius 2 is 2.00 bits per heavy atom. The molecule has 0 saturated heterocycles. The van der Waals surface area contributed by atoms with Gasteiger partial charge in [-0.1, -0.05) is 17.7 Å².